The molecule has 3 heterocycles. The number of nitrogens with zero attached hydrogens (tertiary/aromatic N) is 5. The van der Waals surface area contributed by atoms with Crippen LogP contribution in [0.1, 0.15) is 0 Å². The average Bonchev–Trinajstić information content (AvgIpc) is 2.55. The molecular formula is C14H17ClN6O2. The van der Waals surface area contributed by atoms with Gasteiger partial charge in [0.2, 0.25) is 0 Å². The first kappa shape index (κ1) is 15.9. The second-order valence-electron chi connectivity index (χ2n) is 5.39. The zero-order chi connectivity index (χ0) is 16.4. The van der Waals surface area contributed by atoms with Gasteiger partial charge in [0.25, 0.3) is 5.91 Å². The third-order valence-corrected chi connectivity index (χ3v) is 3.91. The maximum atomic E-state index is 11.6. The molecule has 9 heteroatoms. The van der Waals surface area contributed by atoms with Gasteiger partial charge in [0.1, 0.15) is 17.3 Å². The summed E-state index contributed by atoms with van der Waals surface area (Å²) < 4.78 is 0. The van der Waals surface area contributed by atoms with Gasteiger partial charge in [0.05, 0.1) is 11.7 Å². The lowest BCUT2D eigenvalue weighted by Gasteiger charge is -2.33. The summed E-state index contributed by atoms with van der Waals surface area (Å²) in [4.78, 5) is 28.8. The molecule has 0 bridgehead atoms. The summed E-state index contributed by atoms with van der Waals surface area (Å²) in [5.41, 5.74) is 1.14. The van der Waals surface area contributed by atoms with Crippen molar-refractivity contribution in [3.8, 4) is 0 Å². The van der Waals surface area contributed by atoms with E-state index in [2.05, 4.69) is 37.1 Å². The molecule has 2 aromatic heterocycles. The van der Waals surface area contributed by atoms with Crippen LogP contribution in [0.3, 0.4) is 0 Å². The van der Waals surface area contributed by atoms with E-state index in [-0.39, 0.29) is 0 Å². The summed E-state index contributed by atoms with van der Waals surface area (Å²) >= 11 is 5.92. The zero-order valence-electron chi connectivity index (χ0n) is 12.7. The van der Waals surface area contributed by atoms with Crippen LogP contribution in [0.25, 0.3) is 11.0 Å². The monoisotopic (exact) mass is 336 g/mol. The van der Waals surface area contributed by atoms with Crippen molar-refractivity contribution in [2.24, 2.45) is 0 Å². The van der Waals surface area contributed by atoms with Crippen molar-refractivity contribution in [3.05, 3.63) is 17.4 Å². The standard InChI is InChI=1S/C14H17ClN6O2/c1-20-2-4-21(5-3-20)14-13(19-12(23)8-22)17-10-7-16-11(15)6-9(10)18-14/h6-7,22H,2-5,8H2,1H3,(H,17,19,23). The SMILES string of the molecule is CN1CCN(c2nc3cc(Cl)ncc3nc2NC(=O)CO)CC1. The topological polar surface area (TPSA) is 94.5 Å². The molecule has 23 heavy (non-hydrogen) atoms. The minimum atomic E-state index is -0.610. The smallest absolute Gasteiger partial charge is 0.251 e. The summed E-state index contributed by atoms with van der Waals surface area (Å²) in [6.07, 6.45) is 1.51. The highest BCUT2D eigenvalue weighted by atomic mass is 35.5. The van der Waals surface area contributed by atoms with E-state index in [9.17, 15) is 4.79 Å². The lowest BCUT2D eigenvalue weighted by atomic mass is 10.3. The third kappa shape index (κ3) is 3.49. The molecule has 1 fully saturated rings. The molecule has 3 rings (SSSR count). The van der Waals surface area contributed by atoms with E-state index in [4.69, 9.17) is 16.7 Å². The van der Waals surface area contributed by atoms with E-state index in [1.807, 2.05) is 0 Å². The van der Waals surface area contributed by atoms with Crippen LogP contribution in [-0.2, 0) is 4.79 Å². The number of carbonyl (C=O) groups is 1. The molecule has 0 aliphatic carbocycles. The molecule has 0 aromatic carbocycles. The first-order chi connectivity index (χ1) is 11.1. The van der Waals surface area contributed by atoms with Crippen molar-refractivity contribution in [1.29, 1.82) is 0 Å². The molecule has 1 aliphatic heterocycles. The number of carbonyl (C=O) groups excluding carboxylic acids is 1. The predicted octanol–water partition coefficient (Wildman–Crippen LogP) is 0.361. The van der Waals surface area contributed by atoms with Crippen molar-refractivity contribution in [3.63, 3.8) is 0 Å². The van der Waals surface area contributed by atoms with Crippen molar-refractivity contribution >= 4 is 40.2 Å². The van der Waals surface area contributed by atoms with E-state index in [1.165, 1.54) is 6.20 Å². The largest absolute Gasteiger partial charge is 0.387 e. The van der Waals surface area contributed by atoms with Crippen molar-refractivity contribution in [2.45, 2.75) is 0 Å². The van der Waals surface area contributed by atoms with Crippen LogP contribution in [0.15, 0.2) is 12.3 Å². The number of hydrogen-bond donors (Lipinski definition) is 2. The predicted molar refractivity (Wildman–Crippen MR) is 87.8 cm³/mol. The molecular weight excluding hydrogens is 320 g/mol. The van der Waals surface area contributed by atoms with E-state index in [0.717, 1.165) is 26.2 Å². The Labute approximate surface area is 138 Å². The Morgan fingerprint density at radius 1 is 1.30 bits per heavy atom. The number of hydrogen-bond acceptors (Lipinski definition) is 7. The molecule has 8 nitrogen and oxygen atoms in total. The summed E-state index contributed by atoms with van der Waals surface area (Å²) in [7, 11) is 2.06. The average molecular weight is 337 g/mol. The second kappa shape index (κ2) is 6.61. The third-order valence-electron chi connectivity index (χ3n) is 3.70. The van der Waals surface area contributed by atoms with Crippen LogP contribution in [-0.4, -0.2) is 70.7 Å². The zero-order valence-corrected chi connectivity index (χ0v) is 13.4. The lowest BCUT2D eigenvalue weighted by molar-refractivity contribution is -0.118. The quantitative estimate of drug-likeness (QED) is 0.781. The van der Waals surface area contributed by atoms with Gasteiger partial charge < -0.3 is 20.2 Å². The number of pyridine rings is 1. The molecule has 0 radical (unpaired) electrons. The van der Waals surface area contributed by atoms with Gasteiger partial charge in [-0.05, 0) is 7.05 Å². The number of aromatic nitrogens is 3. The van der Waals surface area contributed by atoms with Crippen molar-refractivity contribution in [2.75, 3.05) is 50.1 Å². The van der Waals surface area contributed by atoms with E-state index in [0.29, 0.717) is 27.8 Å². The maximum Gasteiger partial charge on any atom is 0.251 e. The van der Waals surface area contributed by atoms with Gasteiger partial charge in [0, 0.05) is 32.2 Å². The van der Waals surface area contributed by atoms with Crippen LogP contribution in [0.4, 0.5) is 11.6 Å². The highest BCUT2D eigenvalue weighted by Crippen LogP contribution is 2.26. The summed E-state index contributed by atoms with van der Waals surface area (Å²) in [5.74, 6) is 0.371. The fourth-order valence-corrected chi connectivity index (χ4v) is 2.57. The van der Waals surface area contributed by atoms with Crippen molar-refractivity contribution < 1.29 is 9.90 Å². The van der Waals surface area contributed by atoms with Gasteiger partial charge in [-0.1, -0.05) is 11.6 Å². The number of piperazine rings is 1. The van der Waals surface area contributed by atoms with Gasteiger partial charge in [-0.3, -0.25) is 4.79 Å². The van der Waals surface area contributed by atoms with Crippen LogP contribution >= 0.6 is 11.6 Å². The molecule has 0 unspecified atom stereocenters. The van der Waals surface area contributed by atoms with Crippen LogP contribution in [0.5, 0.6) is 0 Å². The molecule has 1 amide bonds. The molecule has 2 aromatic rings. The van der Waals surface area contributed by atoms with Crippen molar-refractivity contribution in [1.82, 2.24) is 19.9 Å². The summed E-state index contributed by atoms with van der Waals surface area (Å²) in [5, 5.41) is 11.9. The number of aliphatic hydroxyl groups is 1. The molecule has 2 N–H and O–H groups in total. The molecule has 1 aliphatic rings. The van der Waals surface area contributed by atoms with Crippen LogP contribution in [0, 0.1) is 0 Å². The maximum absolute atomic E-state index is 11.6. The number of aliphatic hydroxyl groups excluding tert-OH is 1. The number of amides is 1. The molecule has 0 saturated carbocycles. The summed E-state index contributed by atoms with van der Waals surface area (Å²) in [6, 6.07) is 1.64. The van der Waals surface area contributed by atoms with Gasteiger partial charge in [-0.15, -0.1) is 0 Å². The second-order valence-corrected chi connectivity index (χ2v) is 5.78. The Kier molecular flexibility index (Phi) is 4.56. The van der Waals surface area contributed by atoms with Crippen LogP contribution in [0.2, 0.25) is 5.15 Å². The van der Waals surface area contributed by atoms with E-state index >= 15 is 0 Å². The minimum absolute atomic E-state index is 0.324. The molecule has 0 atom stereocenters. The van der Waals surface area contributed by atoms with Gasteiger partial charge in [-0.25, -0.2) is 15.0 Å². The Bertz CT molecular complexity index is 733. The molecule has 0 spiro atoms. The summed E-state index contributed by atoms with van der Waals surface area (Å²) in [6.45, 7) is 2.73. The Hall–Kier alpha value is -2.03. The van der Waals surface area contributed by atoms with Gasteiger partial charge in [-0.2, -0.15) is 0 Å². The van der Waals surface area contributed by atoms with Gasteiger partial charge >= 0.3 is 0 Å². The Morgan fingerprint density at radius 3 is 2.74 bits per heavy atom. The highest BCUT2D eigenvalue weighted by Gasteiger charge is 2.21. The molecule has 1 saturated heterocycles. The minimum Gasteiger partial charge on any atom is -0.387 e. The Morgan fingerprint density at radius 2 is 2.04 bits per heavy atom. The fourth-order valence-electron chi connectivity index (χ4n) is 2.42. The number of likely N-dealkylation sites (N-methyl/N-ethyl adjacent to an activating group) is 1. The molecule has 122 valence electrons. The Balaban J connectivity index is 2.03. The highest BCUT2D eigenvalue weighted by molar-refractivity contribution is 6.29. The fraction of sp³-hybridized carbons (Fsp3) is 0.429. The lowest BCUT2D eigenvalue weighted by Crippen LogP contribution is -2.45. The van der Waals surface area contributed by atoms with E-state index < -0.39 is 12.5 Å². The van der Waals surface area contributed by atoms with E-state index in [1.54, 1.807) is 6.07 Å². The number of anilines is 2. The number of nitrogens with one attached hydrogen (secondary N) is 1. The number of fused-ring (bicyclic) bond motifs is 1. The van der Waals surface area contributed by atoms with Crippen LogP contribution < -0.4 is 10.2 Å². The number of rotatable bonds is 3. The normalized spacial score (nSPS) is 15.9. The van der Waals surface area contributed by atoms with Gasteiger partial charge in [0.15, 0.2) is 11.6 Å². The first-order valence-electron chi connectivity index (χ1n) is 7.24. The first-order valence-corrected chi connectivity index (χ1v) is 7.62. The number of halogens is 1.